The third-order valence-electron chi connectivity index (χ3n) is 1.41. The van der Waals surface area contributed by atoms with E-state index < -0.39 is 6.09 Å². The summed E-state index contributed by atoms with van der Waals surface area (Å²) in [5, 5.41) is 0. The zero-order valence-corrected chi connectivity index (χ0v) is 7.67. The van der Waals surface area contributed by atoms with E-state index >= 15 is 0 Å². The van der Waals surface area contributed by atoms with Crippen molar-refractivity contribution in [1.29, 1.82) is 0 Å². The second-order valence-corrected chi connectivity index (χ2v) is 2.62. The highest BCUT2D eigenvalue weighted by atomic mass is 32.1. The molecule has 0 aromatic carbocycles. The number of ether oxygens (including phenoxy) is 1. The van der Waals surface area contributed by atoms with E-state index in [1.807, 2.05) is 0 Å². The fourth-order valence-electron chi connectivity index (χ4n) is 0.792. The van der Waals surface area contributed by atoms with E-state index in [0.29, 0.717) is 0 Å². The maximum Gasteiger partial charge on any atom is 0.420 e. The standard InChI is InChI=1S/C6H8N4O2S/c1-12-6(11)10-2-9-3(4(10)7)5(8)13/h2H,7H2,1H3,(H2,8,13). The number of hydrogen-bond donors (Lipinski definition) is 2. The summed E-state index contributed by atoms with van der Waals surface area (Å²) in [6.07, 6.45) is 0.572. The van der Waals surface area contributed by atoms with Gasteiger partial charge in [0.05, 0.1) is 7.11 Å². The van der Waals surface area contributed by atoms with Crippen LogP contribution in [0, 0.1) is 0 Å². The number of hydrogen-bond acceptors (Lipinski definition) is 5. The average molecular weight is 200 g/mol. The van der Waals surface area contributed by atoms with Crippen LogP contribution in [0.5, 0.6) is 0 Å². The molecule has 0 spiro atoms. The number of aromatic nitrogens is 2. The lowest BCUT2D eigenvalue weighted by molar-refractivity contribution is 0.173. The van der Waals surface area contributed by atoms with E-state index in [9.17, 15) is 4.79 Å². The minimum Gasteiger partial charge on any atom is -0.452 e. The molecule has 7 heteroatoms. The van der Waals surface area contributed by atoms with Gasteiger partial charge in [0.15, 0.2) is 0 Å². The van der Waals surface area contributed by atoms with Crippen molar-refractivity contribution in [3.63, 3.8) is 0 Å². The Balaban J connectivity index is 3.13. The van der Waals surface area contributed by atoms with Gasteiger partial charge in [0.1, 0.15) is 22.8 Å². The summed E-state index contributed by atoms with van der Waals surface area (Å²) in [7, 11) is 1.24. The highest BCUT2D eigenvalue weighted by Gasteiger charge is 2.14. The summed E-state index contributed by atoms with van der Waals surface area (Å²) in [6.45, 7) is 0. The third-order valence-corrected chi connectivity index (χ3v) is 1.60. The van der Waals surface area contributed by atoms with Gasteiger partial charge in [-0.05, 0) is 0 Å². The molecule has 0 bridgehead atoms. The summed E-state index contributed by atoms with van der Waals surface area (Å²) in [4.78, 5) is 14.8. The molecule has 1 rings (SSSR count). The summed E-state index contributed by atoms with van der Waals surface area (Å²) in [5.74, 6) is 0.0827. The Morgan fingerprint density at radius 1 is 1.77 bits per heavy atom. The van der Waals surface area contributed by atoms with Crippen LogP contribution in [0.1, 0.15) is 5.69 Å². The van der Waals surface area contributed by atoms with Crippen LogP contribution in [0.25, 0.3) is 0 Å². The van der Waals surface area contributed by atoms with Crippen LogP contribution in [0.15, 0.2) is 6.33 Å². The van der Waals surface area contributed by atoms with Crippen molar-refractivity contribution >= 4 is 29.1 Å². The van der Waals surface area contributed by atoms with Gasteiger partial charge >= 0.3 is 6.09 Å². The van der Waals surface area contributed by atoms with Gasteiger partial charge in [-0.15, -0.1) is 0 Å². The first kappa shape index (κ1) is 9.46. The van der Waals surface area contributed by atoms with Crippen LogP contribution in [-0.4, -0.2) is 27.7 Å². The van der Waals surface area contributed by atoms with Crippen molar-refractivity contribution < 1.29 is 9.53 Å². The molecule has 0 fully saturated rings. The first-order valence-corrected chi connectivity index (χ1v) is 3.69. The molecule has 0 saturated carbocycles. The van der Waals surface area contributed by atoms with Crippen LogP contribution < -0.4 is 11.5 Å². The molecule has 1 aromatic heterocycles. The fourth-order valence-corrected chi connectivity index (χ4v) is 0.949. The number of carbonyl (C=O) groups excluding carboxylic acids is 1. The Hall–Kier alpha value is -1.63. The minimum absolute atomic E-state index is 0.0418. The molecule has 1 aromatic rings. The molecule has 0 aliphatic heterocycles. The maximum atomic E-state index is 11.0. The number of nitrogen functional groups attached to an aromatic ring is 1. The van der Waals surface area contributed by atoms with Crippen LogP contribution in [0.2, 0.25) is 0 Å². The molecular formula is C6H8N4O2S. The summed E-state index contributed by atoms with van der Waals surface area (Å²) < 4.78 is 5.45. The second-order valence-electron chi connectivity index (χ2n) is 2.18. The molecule has 0 amide bonds. The lowest BCUT2D eigenvalue weighted by Gasteiger charge is -2.00. The largest absolute Gasteiger partial charge is 0.452 e. The maximum absolute atomic E-state index is 11.0. The molecule has 0 aliphatic carbocycles. The Labute approximate surface area is 79.5 Å². The lowest BCUT2D eigenvalue weighted by atomic mass is 10.4. The van der Waals surface area contributed by atoms with E-state index in [4.69, 9.17) is 11.5 Å². The predicted octanol–water partition coefficient (Wildman–Crippen LogP) is -0.286. The van der Waals surface area contributed by atoms with E-state index in [0.717, 1.165) is 4.57 Å². The first-order chi connectivity index (χ1) is 6.07. The quantitative estimate of drug-likeness (QED) is 0.605. The van der Waals surface area contributed by atoms with Crippen LogP contribution in [0.3, 0.4) is 0 Å². The topological polar surface area (TPSA) is 96.2 Å². The van der Waals surface area contributed by atoms with E-state index in [1.165, 1.54) is 13.4 Å². The molecule has 0 radical (unpaired) electrons. The van der Waals surface area contributed by atoms with Crippen molar-refractivity contribution in [2.24, 2.45) is 5.73 Å². The van der Waals surface area contributed by atoms with E-state index in [1.54, 1.807) is 0 Å². The Morgan fingerprint density at radius 3 is 2.77 bits per heavy atom. The second kappa shape index (κ2) is 3.40. The van der Waals surface area contributed by atoms with Gasteiger partial charge in [-0.3, -0.25) is 0 Å². The van der Waals surface area contributed by atoms with Crippen molar-refractivity contribution in [3.8, 4) is 0 Å². The predicted molar refractivity (Wildman–Crippen MR) is 50.3 cm³/mol. The van der Waals surface area contributed by atoms with Gasteiger partial charge in [0.25, 0.3) is 0 Å². The van der Waals surface area contributed by atoms with Gasteiger partial charge in [0, 0.05) is 0 Å². The Morgan fingerprint density at radius 2 is 2.38 bits per heavy atom. The number of imidazole rings is 1. The smallest absolute Gasteiger partial charge is 0.420 e. The zero-order chi connectivity index (χ0) is 10.0. The number of thiocarbonyl (C=S) groups is 1. The number of rotatable bonds is 1. The molecule has 0 unspecified atom stereocenters. The molecule has 6 nitrogen and oxygen atoms in total. The molecular weight excluding hydrogens is 192 g/mol. The fraction of sp³-hybridized carbons (Fsp3) is 0.167. The van der Waals surface area contributed by atoms with Gasteiger partial charge < -0.3 is 16.2 Å². The number of methoxy groups -OCH3 is 1. The van der Waals surface area contributed by atoms with Crippen molar-refractivity contribution in [2.45, 2.75) is 0 Å². The lowest BCUT2D eigenvalue weighted by Crippen LogP contribution is -2.16. The van der Waals surface area contributed by atoms with Crippen LogP contribution in [-0.2, 0) is 4.74 Å². The molecule has 70 valence electrons. The van der Waals surface area contributed by atoms with Crippen LogP contribution >= 0.6 is 12.2 Å². The average Bonchev–Trinajstić information content (AvgIpc) is 2.46. The monoisotopic (exact) mass is 200 g/mol. The Kier molecular flexibility index (Phi) is 2.47. The number of nitrogens with two attached hydrogens (primary N) is 2. The zero-order valence-electron chi connectivity index (χ0n) is 6.85. The molecule has 1 heterocycles. The molecule has 0 saturated heterocycles. The summed E-state index contributed by atoms with van der Waals surface area (Å²) in [6, 6.07) is 0. The van der Waals surface area contributed by atoms with Crippen molar-refractivity contribution in [3.05, 3.63) is 12.0 Å². The van der Waals surface area contributed by atoms with Crippen molar-refractivity contribution in [1.82, 2.24) is 9.55 Å². The van der Waals surface area contributed by atoms with E-state index in [-0.39, 0.29) is 16.5 Å². The minimum atomic E-state index is -0.632. The number of anilines is 1. The summed E-state index contributed by atoms with van der Waals surface area (Å²) in [5.41, 5.74) is 11.0. The van der Waals surface area contributed by atoms with Crippen molar-refractivity contribution in [2.75, 3.05) is 12.8 Å². The first-order valence-electron chi connectivity index (χ1n) is 3.29. The number of nitrogens with zero attached hydrogens (tertiary/aromatic N) is 2. The Bertz CT molecular complexity index is 360. The van der Waals surface area contributed by atoms with Gasteiger partial charge in [-0.2, -0.15) is 0 Å². The van der Waals surface area contributed by atoms with Gasteiger partial charge in [-0.25, -0.2) is 14.3 Å². The summed E-state index contributed by atoms with van der Waals surface area (Å²) >= 11 is 4.66. The van der Waals surface area contributed by atoms with Gasteiger partial charge in [-0.1, -0.05) is 12.2 Å². The van der Waals surface area contributed by atoms with Crippen LogP contribution in [0.4, 0.5) is 10.6 Å². The third kappa shape index (κ3) is 1.59. The van der Waals surface area contributed by atoms with Gasteiger partial charge in [0.2, 0.25) is 0 Å². The number of carbonyl (C=O) groups is 1. The molecule has 4 N–H and O–H groups in total. The highest BCUT2D eigenvalue weighted by molar-refractivity contribution is 7.80. The molecule has 0 aliphatic rings. The molecule has 0 atom stereocenters. The molecule has 13 heavy (non-hydrogen) atoms. The van der Waals surface area contributed by atoms with E-state index in [2.05, 4.69) is 21.9 Å². The SMILES string of the molecule is COC(=O)n1cnc(C(N)=S)c1N. The highest BCUT2D eigenvalue weighted by Crippen LogP contribution is 2.09. The normalized spacial score (nSPS) is 9.62.